The normalized spacial score (nSPS) is 16.0. The molecule has 7 nitrogen and oxygen atoms in total. The van der Waals surface area contributed by atoms with Crippen molar-refractivity contribution in [2.75, 3.05) is 13.1 Å². The van der Waals surface area contributed by atoms with Gasteiger partial charge in [0.05, 0.1) is 11.5 Å². The van der Waals surface area contributed by atoms with Gasteiger partial charge in [-0.2, -0.15) is 9.29 Å². The van der Waals surface area contributed by atoms with Crippen LogP contribution in [0.2, 0.25) is 0 Å². The molecule has 2 aromatic carbocycles. The van der Waals surface area contributed by atoms with Crippen LogP contribution in [0.1, 0.15) is 36.0 Å². The fraction of sp³-hybridized carbons (Fsp3) is 0.333. The molecule has 1 fully saturated rings. The summed E-state index contributed by atoms with van der Waals surface area (Å²) in [5.41, 5.74) is 1.06. The summed E-state index contributed by atoms with van der Waals surface area (Å²) in [7, 11) is -3.64. The first kappa shape index (κ1) is 20.6. The molecule has 2 heterocycles. The van der Waals surface area contributed by atoms with Gasteiger partial charge in [0.2, 0.25) is 10.0 Å². The Hall–Kier alpha value is -2.62. The summed E-state index contributed by atoms with van der Waals surface area (Å²) in [6.07, 6.45) is 1.18. The maximum atomic E-state index is 13.1. The Morgan fingerprint density at radius 3 is 2.43 bits per heavy atom. The minimum absolute atomic E-state index is 0.0243. The molecule has 0 N–H and O–H groups in total. The minimum Gasteiger partial charge on any atom is -0.367 e. The van der Waals surface area contributed by atoms with Crippen molar-refractivity contribution in [3.8, 4) is 0 Å². The monoisotopic (exact) mass is 431 g/mol. The van der Waals surface area contributed by atoms with E-state index in [0.29, 0.717) is 44.3 Å². The molecule has 0 spiro atoms. The Balaban J connectivity index is 1.30. The molecule has 0 aliphatic carbocycles. The summed E-state index contributed by atoms with van der Waals surface area (Å²) in [5.74, 6) is 0.541. The summed E-state index contributed by atoms with van der Waals surface area (Å²) < 4.78 is 50.8. The minimum atomic E-state index is -3.64. The van der Waals surface area contributed by atoms with E-state index in [0.717, 1.165) is 17.7 Å². The van der Waals surface area contributed by atoms with Crippen molar-refractivity contribution in [2.45, 2.75) is 36.9 Å². The van der Waals surface area contributed by atoms with Gasteiger partial charge >= 0.3 is 0 Å². The summed E-state index contributed by atoms with van der Waals surface area (Å²) >= 11 is 0. The van der Waals surface area contributed by atoms with E-state index in [4.69, 9.17) is 9.26 Å². The summed E-state index contributed by atoms with van der Waals surface area (Å²) in [5, 5.41) is 4.04. The molecule has 1 aromatic heterocycles. The molecule has 9 heteroatoms. The van der Waals surface area contributed by atoms with E-state index >= 15 is 0 Å². The zero-order valence-corrected chi connectivity index (χ0v) is 17.1. The maximum absolute atomic E-state index is 13.1. The lowest BCUT2D eigenvalue weighted by atomic mass is 9.98. The Labute approximate surface area is 174 Å². The Bertz CT molecular complexity index is 1060. The van der Waals surface area contributed by atoms with Crippen molar-refractivity contribution >= 4 is 10.0 Å². The summed E-state index contributed by atoms with van der Waals surface area (Å²) in [6, 6.07) is 14.7. The topological polar surface area (TPSA) is 85.5 Å². The molecule has 30 heavy (non-hydrogen) atoms. The number of hydrogen-bond donors (Lipinski definition) is 0. The van der Waals surface area contributed by atoms with E-state index < -0.39 is 15.8 Å². The number of halogens is 1. The van der Waals surface area contributed by atoms with Crippen LogP contribution in [-0.4, -0.2) is 36.0 Å². The van der Waals surface area contributed by atoms with E-state index in [9.17, 15) is 12.8 Å². The molecule has 1 aliphatic rings. The number of rotatable bonds is 7. The molecule has 0 amide bonds. The van der Waals surface area contributed by atoms with Crippen LogP contribution in [0.4, 0.5) is 4.39 Å². The second-order valence-electron chi connectivity index (χ2n) is 7.16. The summed E-state index contributed by atoms with van der Waals surface area (Å²) in [6.45, 7) is 1.37. The number of aromatic nitrogens is 2. The van der Waals surface area contributed by atoms with Crippen LogP contribution in [0, 0.1) is 5.82 Å². The molecule has 0 unspecified atom stereocenters. The molecule has 1 aliphatic heterocycles. The van der Waals surface area contributed by atoms with Crippen LogP contribution >= 0.6 is 0 Å². The number of benzene rings is 2. The largest absolute Gasteiger partial charge is 0.367 e. The van der Waals surface area contributed by atoms with E-state index in [2.05, 4.69) is 10.1 Å². The highest BCUT2D eigenvalue weighted by Gasteiger charge is 2.31. The molecule has 0 bridgehead atoms. The first-order valence-corrected chi connectivity index (χ1v) is 11.2. The molecule has 0 radical (unpaired) electrons. The smallest absolute Gasteiger partial charge is 0.252 e. The maximum Gasteiger partial charge on any atom is 0.252 e. The van der Waals surface area contributed by atoms with E-state index in [1.807, 2.05) is 30.3 Å². The van der Waals surface area contributed by atoms with E-state index in [1.165, 1.54) is 16.4 Å². The molecule has 3 aromatic rings. The van der Waals surface area contributed by atoms with Gasteiger partial charge in [0.1, 0.15) is 12.4 Å². The van der Waals surface area contributed by atoms with Crippen molar-refractivity contribution in [1.82, 2.24) is 14.4 Å². The second-order valence-corrected chi connectivity index (χ2v) is 9.09. The van der Waals surface area contributed by atoms with Crippen LogP contribution in [-0.2, 0) is 28.0 Å². The molecular formula is C21H22FN3O4S. The van der Waals surface area contributed by atoms with Crippen LogP contribution < -0.4 is 0 Å². The predicted octanol–water partition coefficient (Wildman–Crippen LogP) is 3.49. The molecule has 158 valence electrons. The van der Waals surface area contributed by atoms with Crippen LogP contribution in [0.3, 0.4) is 0 Å². The Morgan fingerprint density at radius 2 is 1.73 bits per heavy atom. The van der Waals surface area contributed by atoms with E-state index in [-0.39, 0.29) is 17.4 Å². The van der Waals surface area contributed by atoms with E-state index in [1.54, 1.807) is 0 Å². The Kier molecular flexibility index (Phi) is 6.21. The number of nitrogens with zero attached hydrogens (tertiary/aromatic N) is 3. The van der Waals surface area contributed by atoms with Crippen molar-refractivity contribution in [3.05, 3.63) is 77.7 Å². The molecule has 1 saturated heterocycles. The third-order valence-corrected chi connectivity index (χ3v) is 7.00. The zero-order valence-electron chi connectivity index (χ0n) is 16.3. The Morgan fingerprint density at radius 1 is 1.03 bits per heavy atom. The van der Waals surface area contributed by atoms with Gasteiger partial charge in [0.25, 0.3) is 5.89 Å². The quantitative estimate of drug-likeness (QED) is 0.569. The molecule has 4 rings (SSSR count). The van der Waals surface area contributed by atoms with Crippen molar-refractivity contribution in [3.63, 3.8) is 0 Å². The lowest BCUT2D eigenvalue weighted by Crippen LogP contribution is -2.38. The van der Waals surface area contributed by atoms with Crippen LogP contribution in [0.25, 0.3) is 0 Å². The van der Waals surface area contributed by atoms with Gasteiger partial charge in [-0.15, -0.1) is 0 Å². The second kappa shape index (κ2) is 9.03. The lowest BCUT2D eigenvalue weighted by Gasteiger charge is -2.29. The highest BCUT2D eigenvalue weighted by Crippen LogP contribution is 2.29. The van der Waals surface area contributed by atoms with Gasteiger partial charge in [-0.05, 0) is 42.7 Å². The molecule has 0 saturated carbocycles. The third kappa shape index (κ3) is 4.75. The van der Waals surface area contributed by atoms with Gasteiger partial charge < -0.3 is 9.26 Å². The van der Waals surface area contributed by atoms with Crippen LogP contribution in [0.15, 0.2) is 64.0 Å². The first-order valence-electron chi connectivity index (χ1n) is 9.72. The number of piperidine rings is 1. The number of ether oxygens (including phenoxy) is 1. The first-order chi connectivity index (χ1) is 14.5. The standard InChI is InChI=1S/C21H22FN3O4S/c22-18-6-8-19(9-7-18)30(26,27)25-12-10-17(11-13-25)21-23-20(29-24-21)15-28-14-16-4-2-1-3-5-16/h1-9,17H,10-15H2. The summed E-state index contributed by atoms with van der Waals surface area (Å²) in [4.78, 5) is 4.50. The highest BCUT2D eigenvalue weighted by atomic mass is 32.2. The van der Waals surface area contributed by atoms with Gasteiger partial charge in [0.15, 0.2) is 5.82 Å². The fourth-order valence-corrected chi connectivity index (χ4v) is 4.90. The van der Waals surface area contributed by atoms with Gasteiger partial charge in [-0.1, -0.05) is 35.5 Å². The SMILES string of the molecule is O=S(=O)(c1ccc(F)cc1)N1CCC(c2noc(COCc3ccccc3)n2)CC1. The van der Waals surface area contributed by atoms with Crippen LogP contribution in [0.5, 0.6) is 0 Å². The lowest BCUT2D eigenvalue weighted by molar-refractivity contribution is 0.0850. The zero-order chi connectivity index (χ0) is 21.0. The molecular weight excluding hydrogens is 409 g/mol. The van der Waals surface area contributed by atoms with Gasteiger partial charge in [-0.25, -0.2) is 12.8 Å². The fourth-order valence-electron chi connectivity index (χ4n) is 3.43. The number of hydrogen-bond acceptors (Lipinski definition) is 6. The van der Waals surface area contributed by atoms with Crippen molar-refractivity contribution < 1.29 is 22.1 Å². The van der Waals surface area contributed by atoms with Crippen molar-refractivity contribution in [1.29, 1.82) is 0 Å². The van der Waals surface area contributed by atoms with Gasteiger partial charge in [0, 0.05) is 19.0 Å². The van der Waals surface area contributed by atoms with Gasteiger partial charge in [-0.3, -0.25) is 0 Å². The predicted molar refractivity (Wildman–Crippen MR) is 106 cm³/mol. The average Bonchev–Trinajstić information content (AvgIpc) is 3.24. The third-order valence-electron chi connectivity index (χ3n) is 5.09. The highest BCUT2D eigenvalue weighted by molar-refractivity contribution is 7.89. The average molecular weight is 431 g/mol. The van der Waals surface area contributed by atoms with Crippen molar-refractivity contribution in [2.24, 2.45) is 0 Å². The number of sulfonamides is 1. The molecule has 0 atom stereocenters.